The Morgan fingerprint density at radius 2 is 2.04 bits per heavy atom. The van der Waals surface area contributed by atoms with E-state index < -0.39 is 0 Å². The molecule has 2 fully saturated rings. The van der Waals surface area contributed by atoms with E-state index in [1.54, 1.807) is 0 Å². The van der Waals surface area contributed by atoms with Gasteiger partial charge in [-0.15, -0.1) is 0 Å². The minimum Gasteiger partial charge on any atom is -0.297 e. The van der Waals surface area contributed by atoms with Crippen LogP contribution in [0.4, 0.5) is 5.82 Å². The number of aryl methyl sites for hydroxylation is 2. The minimum atomic E-state index is -0.149. The highest BCUT2D eigenvalue weighted by molar-refractivity contribution is 5.94. The zero-order chi connectivity index (χ0) is 18.6. The third-order valence-corrected chi connectivity index (χ3v) is 6.55. The lowest BCUT2D eigenvalue weighted by molar-refractivity contribution is -0.123. The summed E-state index contributed by atoms with van der Waals surface area (Å²) in [7, 11) is 1.99. The van der Waals surface area contributed by atoms with Crippen LogP contribution < -0.4 is 4.90 Å². The Morgan fingerprint density at radius 3 is 2.70 bits per heavy atom. The van der Waals surface area contributed by atoms with E-state index in [-0.39, 0.29) is 11.4 Å². The molecule has 7 nitrogen and oxygen atoms in total. The summed E-state index contributed by atoms with van der Waals surface area (Å²) < 4.78 is 4.15. The number of hydrogen-bond acceptors (Lipinski definition) is 4. The van der Waals surface area contributed by atoms with Gasteiger partial charge in [-0.2, -0.15) is 10.2 Å². The van der Waals surface area contributed by atoms with Crippen molar-refractivity contribution >= 4 is 11.7 Å². The predicted octanol–water partition coefficient (Wildman–Crippen LogP) is 2.06. The second-order valence-electron chi connectivity index (χ2n) is 8.63. The topological polar surface area (TPSA) is 59.2 Å². The van der Waals surface area contributed by atoms with Gasteiger partial charge in [0.2, 0.25) is 5.91 Å². The number of fused-ring (bicyclic) bond motifs is 2. The average Bonchev–Trinajstić information content (AvgIpc) is 3.25. The third-order valence-electron chi connectivity index (χ3n) is 6.55. The quantitative estimate of drug-likeness (QED) is 0.829. The lowest BCUT2D eigenvalue weighted by Crippen LogP contribution is -2.54. The monoisotopic (exact) mass is 368 g/mol. The second kappa shape index (κ2) is 6.19. The summed E-state index contributed by atoms with van der Waals surface area (Å²) in [6.45, 7) is 5.79. The molecule has 0 bridgehead atoms. The highest BCUT2D eigenvalue weighted by Gasteiger charge is 2.46. The SMILES string of the molecule is Cc1cc2n(n1)C1(CCN(Cc3ccnn3C)CC1)CC(=O)N2CC1CC1. The molecule has 144 valence electrons. The number of carbonyl (C=O) groups is 1. The van der Waals surface area contributed by atoms with Crippen LogP contribution in [0.1, 0.15) is 43.5 Å². The molecule has 1 amide bonds. The first-order valence-electron chi connectivity index (χ1n) is 10.1. The van der Waals surface area contributed by atoms with Crippen molar-refractivity contribution in [2.75, 3.05) is 24.5 Å². The molecule has 1 saturated carbocycles. The number of carbonyl (C=O) groups excluding carboxylic acids is 1. The van der Waals surface area contributed by atoms with Crippen LogP contribution in [0, 0.1) is 12.8 Å². The fourth-order valence-electron chi connectivity index (χ4n) is 4.66. The first-order chi connectivity index (χ1) is 13.0. The molecule has 4 heterocycles. The van der Waals surface area contributed by atoms with E-state index in [1.165, 1.54) is 18.5 Å². The van der Waals surface area contributed by atoms with Crippen LogP contribution >= 0.6 is 0 Å². The van der Waals surface area contributed by atoms with Gasteiger partial charge in [-0.25, -0.2) is 4.68 Å². The fraction of sp³-hybridized carbons (Fsp3) is 0.650. The van der Waals surface area contributed by atoms with Crippen LogP contribution in [0.3, 0.4) is 0 Å². The molecule has 27 heavy (non-hydrogen) atoms. The maximum absolute atomic E-state index is 13.0. The fourth-order valence-corrected chi connectivity index (χ4v) is 4.66. The van der Waals surface area contributed by atoms with Crippen molar-refractivity contribution in [3.05, 3.63) is 29.7 Å². The molecular weight excluding hydrogens is 340 g/mol. The van der Waals surface area contributed by atoms with Crippen LogP contribution in [0.5, 0.6) is 0 Å². The van der Waals surface area contributed by atoms with Gasteiger partial charge in [0.15, 0.2) is 0 Å². The van der Waals surface area contributed by atoms with Crippen molar-refractivity contribution in [1.82, 2.24) is 24.5 Å². The number of rotatable bonds is 4. The number of piperidine rings is 1. The molecule has 5 rings (SSSR count). The molecule has 2 aromatic heterocycles. The third kappa shape index (κ3) is 2.98. The van der Waals surface area contributed by atoms with Gasteiger partial charge in [-0.05, 0) is 44.6 Å². The molecule has 3 aliphatic rings. The van der Waals surface area contributed by atoms with Crippen molar-refractivity contribution in [3.8, 4) is 0 Å². The van der Waals surface area contributed by atoms with E-state index in [0.29, 0.717) is 12.3 Å². The van der Waals surface area contributed by atoms with Gasteiger partial charge in [-0.3, -0.25) is 19.3 Å². The Balaban J connectivity index is 1.36. The molecule has 7 heteroatoms. The van der Waals surface area contributed by atoms with E-state index in [4.69, 9.17) is 5.10 Å². The molecular formula is C20H28N6O. The molecule has 2 aromatic rings. The predicted molar refractivity (Wildman–Crippen MR) is 102 cm³/mol. The smallest absolute Gasteiger partial charge is 0.230 e. The summed E-state index contributed by atoms with van der Waals surface area (Å²) in [4.78, 5) is 17.5. The molecule has 0 N–H and O–H groups in total. The van der Waals surface area contributed by atoms with Crippen LogP contribution in [0.2, 0.25) is 0 Å². The van der Waals surface area contributed by atoms with E-state index in [1.807, 2.05) is 29.7 Å². The molecule has 0 atom stereocenters. The lowest BCUT2D eigenvalue weighted by atomic mass is 9.82. The van der Waals surface area contributed by atoms with Crippen molar-refractivity contribution in [3.63, 3.8) is 0 Å². The highest BCUT2D eigenvalue weighted by atomic mass is 16.2. The number of nitrogens with zero attached hydrogens (tertiary/aromatic N) is 6. The van der Waals surface area contributed by atoms with Gasteiger partial charge in [0, 0.05) is 45.5 Å². The molecule has 0 aromatic carbocycles. The van der Waals surface area contributed by atoms with Crippen molar-refractivity contribution in [2.24, 2.45) is 13.0 Å². The lowest BCUT2D eigenvalue weighted by Gasteiger charge is -2.46. The zero-order valence-corrected chi connectivity index (χ0v) is 16.3. The molecule has 1 saturated heterocycles. The van der Waals surface area contributed by atoms with Crippen molar-refractivity contribution in [2.45, 2.75) is 51.1 Å². The number of likely N-dealkylation sites (tertiary alicyclic amines) is 1. The van der Waals surface area contributed by atoms with Crippen LogP contribution in [-0.4, -0.2) is 50.0 Å². The van der Waals surface area contributed by atoms with E-state index in [0.717, 1.165) is 50.5 Å². The Hall–Kier alpha value is -2.15. The maximum atomic E-state index is 13.0. The highest BCUT2D eigenvalue weighted by Crippen LogP contribution is 2.43. The molecule has 2 aliphatic heterocycles. The second-order valence-corrected chi connectivity index (χ2v) is 8.63. The normalized spacial score (nSPS) is 22.4. The molecule has 1 aliphatic carbocycles. The molecule has 0 radical (unpaired) electrons. The van der Waals surface area contributed by atoms with Gasteiger partial charge >= 0.3 is 0 Å². The number of aromatic nitrogens is 4. The first kappa shape index (κ1) is 17.0. The van der Waals surface area contributed by atoms with Gasteiger partial charge in [0.1, 0.15) is 5.82 Å². The first-order valence-corrected chi connectivity index (χ1v) is 10.1. The van der Waals surface area contributed by atoms with E-state index in [2.05, 4.69) is 26.8 Å². The summed E-state index contributed by atoms with van der Waals surface area (Å²) >= 11 is 0. The maximum Gasteiger partial charge on any atom is 0.230 e. The number of amides is 1. The summed E-state index contributed by atoms with van der Waals surface area (Å²) in [5.74, 6) is 2.00. The summed E-state index contributed by atoms with van der Waals surface area (Å²) in [6, 6.07) is 4.18. The largest absolute Gasteiger partial charge is 0.297 e. The summed E-state index contributed by atoms with van der Waals surface area (Å²) in [5.41, 5.74) is 2.10. The Kier molecular flexibility index (Phi) is 3.89. The molecule has 1 spiro atoms. The Morgan fingerprint density at radius 1 is 1.26 bits per heavy atom. The Bertz CT molecular complexity index is 856. The standard InChI is InChI=1S/C20H28N6O/c1-15-11-18-25(13-16-3-4-16)19(27)12-20(26(18)22-15)6-9-24(10-7-20)14-17-5-8-21-23(17)2/h5,8,11,16H,3-4,6-7,9-10,12-14H2,1-2H3. The van der Waals surface area contributed by atoms with E-state index >= 15 is 0 Å². The summed E-state index contributed by atoms with van der Waals surface area (Å²) in [6.07, 6.45) is 6.90. The number of anilines is 1. The van der Waals surface area contributed by atoms with Crippen LogP contribution in [0.25, 0.3) is 0 Å². The van der Waals surface area contributed by atoms with E-state index in [9.17, 15) is 4.79 Å². The van der Waals surface area contributed by atoms with Crippen molar-refractivity contribution < 1.29 is 4.79 Å². The zero-order valence-electron chi connectivity index (χ0n) is 16.3. The minimum absolute atomic E-state index is 0.149. The summed E-state index contributed by atoms with van der Waals surface area (Å²) in [5, 5.41) is 9.12. The van der Waals surface area contributed by atoms with Gasteiger partial charge < -0.3 is 0 Å². The molecule has 0 unspecified atom stereocenters. The average molecular weight is 368 g/mol. The van der Waals surface area contributed by atoms with Crippen molar-refractivity contribution in [1.29, 1.82) is 0 Å². The van der Waals surface area contributed by atoms with Crippen LogP contribution in [0.15, 0.2) is 18.3 Å². The van der Waals surface area contributed by atoms with Crippen LogP contribution in [-0.2, 0) is 23.9 Å². The Labute approximate surface area is 159 Å². The van der Waals surface area contributed by atoms with Gasteiger partial charge in [0.25, 0.3) is 0 Å². The van der Waals surface area contributed by atoms with Gasteiger partial charge in [-0.1, -0.05) is 0 Å². The number of hydrogen-bond donors (Lipinski definition) is 0. The van der Waals surface area contributed by atoms with Gasteiger partial charge in [0.05, 0.1) is 23.3 Å².